The first-order valence-corrected chi connectivity index (χ1v) is 6.38. The fourth-order valence-corrected chi connectivity index (χ4v) is 1.63. The van der Waals surface area contributed by atoms with Gasteiger partial charge in [-0.25, -0.2) is 0 Å². The number of halogens is 1. The van der Waals surface area contributed by atoms with Gasteiger partial charge in [0, 0.05) is 16.6 Å². The molecule has 2 nitrogen and oxygen atoms in total. The molecule has 0 aromatic heterocycles. The molecular formula is C13H18BrNO. The van der Waals surface area contributed by atoms with E-state index in [2.05, 4.69) is 35.1 Å². The van der Waals surface area contributed by atoms with Crippen molar-refractivity contribution in [3.05, 3.63) is 33.8 Å². The average molecular weight is 284 g/mol. The maximum Gasteiger partial charge on any atom is 0.251 e. The number of amides is 1. The molecule has 0 aliphatic rings. The van der Waals surface area contributed by atoms with Crippen LogP contribution in [0.1, 0.15) is 36.2 Å². The standard InChI is InChI=1S/C13H18BrNO/c1-4-9(2)8-15-13(16)11-6-5-10(3)12(14)7-11/h5-7,9H,4,8H2,1-3H3,(H,15,16). The van der Waals surface area contributed by atoms with E-state index in [0.29, 0.717) is 11.5 Å². The molecule has 0 heterocycles. The molecule has 1 unspecified atom stereocenters. The van der Waals surface area contributed by atoms with Crippen molar-refractivity contribution in [3.63, 3.8) is 0 Å². The predicted molar refractivity (Wildman–Crippen MR) is 70.7 cm³/mol. The Labute approximate surface area is 106 Å². The van der Waals surface area contributed by atoms with E-state index >= 15 is 0 Å². The number of carbonyl (C=O) groups excluding carboxylic acids is 1. The van der Waals surface area contributed by atoms with E-state index in [9.17, 15) is 4.79 Å². The number of aryl methyl sites for hydroxylation is 1. The lowest BCUT2D eigenvalue weighted by Gasteiger charge is -2.10. The third-order valence-electron chi connectivity index (χ3n) is 2.74. The summed E-state index contributed by atoms with van der Waals surface area (Å²) >= 11 is 3.43. The highest BCUT2D eigenvalue weighted by molar-refractivity contribution is 9.10. The Balaban J connectivity index is 2.63. The Kier molecular flexibility index (Phi) is 5.00. The van der Waals surface area contributed by atoms with Gasteiger partial charge >= 0.3 is 0 Å². The monoisotopic (exact) mass is 283 g/mol. The van der Waals surface area contributed by atoms with Crippen LogP contribution in [0.15, 0.2) is 22.7 Å². The molecule has 1 amide bonds. The van der Waals surface area contributed by atoms with Crippen molar-refractivity contribution < 1.29 is 4.79 Å². The van der Waals surface area contributed by atoms with Gasteiger partial charge in [0.25, 0.3) is 5.91 Å². The van der Waals surface area contributed by atoms with Gasteiger partial charge in [-0.2, -0.15) is 0 Å². The zero-order valence-electron chi connectivity index (χ0n) is 10.0. The molecule has 1 aromatic carbocycles. The Bertz CT molecular complexity index is 376. The van der Waals surface area contributed by atoms with Crippen LogP contribution in [0.25, 0.3) is 0 Å². The summed E-state index contributed by atoms with van der Waals surface area (Å²) < 4.78 is 0.976. The maximum absolute atomic E-state index is 11.8. The van der Waals surface area contributed by atoms with Crippen molar-refractivity contribution >= 4 is 21.8 Å². The van der Waals surface area contributed by atoms with Crippen LogP contribution < -0.4 is 5.32 Å². The lowest BCUT2D eigenvalue weighted by molar-refractivity contribution is 0.0948. The van der Waals surface area contributed by atoms with Crippen LogP contribution in [0.3, 0.4) is 0 Å². The number of hydrogen-bond acceptors (Lipinski definition) is 1. The van der Waals surface area contributed by atoms with Crippen LogP contribution in [0, 0.1) is 12.8 Å². The largest absolute Gasteiger partial charge is 0.352 e. The quantitative estimate of drug-likeness (QED) is 0.900. The Morgan fingerprint density at radius 2 is 2.19 bits per heavy atom. The molecule has 0 saturated carbocycles. The van der Waals surface area contributed by atoms with Crippen LogP contribution in [0.5, 0.6) is 0 Å². The number of rotatable bonds is 4. The normalized spacial score (nSPS) is 12.2. The van der Waals surface area contributed by atoms with Gasteiger partial charge in [-0.1, -0.05) is 42.3 Å². The first-order valence-electron chi connectivity index (χ1n) is 5.59. The maximum atomic E-state index is 11.8. The second kappa shape index (κ2) is 6.04. The molecule has 0 bridgehead atoms. The fraction of sp³-hybridized carbons (Fsp3) is 0.462. The molecule has 1 atom stereocenters. The summed E-state index contributed by atoms with van der Waals surface area (Å²) in [5.41, 5.74) is 1.85. The molecule has 88 valence electrons. The van der Waals surface area contributed by atoms with Gasteiger partial charge in [0.1, 0.15) is 0 Å². The summed E-state index contributed by atoms with van der Waals surface area (Å²) in [5, 5.41) is 2.94. The molecule has 0 fully saturated rings. The fourth-order valence-electron chi connectivity index (χ4n) is 1.25. The van der Waals surface area contributed by atoms with Crippen LogP contribution >= 0.6 is 15.9 Å². The molecule has 0 spiro atoms. The zero-order chi connectivity index (χ0) is 12.1. The van der Waals surface area contributed by atoms with Crippen LogP contribution in [-0.2, 0) is 0 Å². The van der Waals surface area contributed by atoms with Gasteiger partial charge in [0.15, 0.2) is 0 Å². The summed E-state index contributed by atoms with van der Waals surface area (Å²) in [6.07, 6.45) is 1.08. The molecule has 0 aliphatic carbocycles. The Hall–Kier alpha value is -0.830. The van der Waals surface area contributed by atoms with E-state index in [1.807, 2.05) is 25.1 Å². The summed E-state index contributed by atoms with van der Waals surface area (Å²) in [6, 6.07) is 5.66. The molecule has 3 heteroatoms. The molecule has 1 rings (SSSR count). The summed E-state index contributed by atoms with van der Waals surface area (Å²) in [5.74, 6) is 0.527. The minimum Gasteiger partial charge on any atom is -0.352 e. The van der Waals surface area contributed by atoms with Gasteiger partial charge in [0.05, 0.1) is 0 Å². The number of nitrogens with one attached hydrogen (secondary N) is 1. The first-order chi connectivity index (χ1) is 7.54. The minimum absolute atomic E-state index is 0.000926. The molecular weight excluding hydrogens is 266 g/mol. The van der Waals surface area contributed by atoms with Gasteiger partial charge in [-0.05, 0) is 30.5 Å². The Morgan fingerprint density at radius 1 is 1.50 bits per heavy atom. The zero-order valence-corrected chi connectivity index (χ0v) is 11.6. The van der Waals surface area contributed by atoms with E-state index < -0.39 is 0 Å². The second-order valence-electron chi connectivity index (χ2n) is 4.19. The topological polar surface area (TPSA) is 29.1 Å². The van der Waals surface area contributed by atoms with Crippen LogP contribution in [-0.4, -0.2) is 12.5 Å². The van der Waals surface area contributed by atoms with Gasteiger partial charge in [0.2, 0.25) is 0 Å². The smallest absolute Gasteiger partial charge is 0.251 e. The molecule has 0 saturated heterocycles. The number of carbonyl (C=O) groups is 1. The van der Waals surface area contributed by atoms with E-state index in [4.69, 9.17) is 0 Å². The second-order valence-corrected chi connectivity index (χ2v) is 5.04. The van der Waals surface area contributed by atoms with E-state index in [0.717, 1.165) is 23.0 Å². The minimum atomic E-state index is 0.000926. The predicted octanol–water partition coefficient (Wildman–Crippen LogP) is 3.53. The van der Waals surface area contributed by atoms with E-state index in [1.165, 1.54) is 0 Å². The van der Waals surface area contributed by atoms with Crippen molar-refractivity contribution in [3.8, 4) is 0 Å². The molecule has 0 radical (unpaired) electrons. The lowest BCUT2D eigenvalue weighted by Crippen LogP contribution is -2.28. The van der Waals surface area contributed by atoms with Crippen LogP contribution in [0.2, 0.25) is 0 Å². The average Bonchev–Trinajstić information content (AvgIpc) is 2.29. The van der Waals surface area contributed by atoms with Crippen molar-refractivity contribution in [1.82, 2.24) is 5.32 Å². The van der Waals surface area contributed by atoms with E-state index in [1.54, 1.807) is 0 Å². The SMILES string of the molecule is CCC(C)CNC(=O)c1ccc(C)c(Br)c1. The van der Waals surface area contributed by atoms with Crippen molar-refractivity contribution in [1.29, 1.82) is 0 Å². The van der Waals surface area contributed by atoms with Gasteiger partial charge in [-0.15, -0.1) is 0 Å². The van der Waals surface area contributed by atoms with Crippen molar-refractivity contribution in [2.24, 2.45) is 5.92 Å². The third kappa shape index (κ3) is 3.63. The van der Waals surface area contributed by atoms with Crippen molar-refractivity contribution in [2.75, 3.05) is 6.54 Å². The molecule has 1 N–H and O–H groups in total. The molecule has 0 aliphatic heterocycles. The molecule has 1 aromatic rings. The number of benzene rings is 1. The number of hydrogen-bond donors (Lipinski definition) is 1. The van der Waals surface area contributed by atoms with Gasteiger partial charge in [-0.3, -0.25) is 4.79 Å². The highest BCUT2D eigenvalue weighted by Crippen LogP contribution is 2.17. The van der Waals surface area contributed by atoms with E-state index in [-0.39, 0.29) is 5.91 Å². The highest BCUT2D eigenvalue weighted by Gasteiger charge is 2.07. The molecule has 16 heavy (non-hydrogen) atoms. The third-order valence-corrected chi connectivity index (χ3v) is 3.60. The van der Waals surface area contributed by atoms with Crippen LogP contribution in [0.4, 0.5) is 0 Å². The Morgan fingerprint density at radius 3 is 2.75 bits per heavy atom. The highest BCUT2D eigenvalue weighted by atomic mass is 79.9. The van der Waals surface area contributed by atoms with Gasteiger partial charge < -0.3 is 5.32 Å². The van der Waals surface area contributed by atoms with Crippen molar-refractivity contribution in [2.45, 2.75) is 27.2 Å². The first kappa shape index (κ1) is 13.2. The summed E-state index contributed by atoms with van der Waals surface area (Å²) in [4.78, 5) is 11.8. The summed E-state index contributed by atoms with van der Waals surface area (Å²) in [6.45, 7) is 7.00. The lowest BCUT2D eigenvalue weighted by atomic mass is 10.1. The summed E-state index contributed by atoms with van der Waals surface area (Å²) in [7, 11) is 0.